The summed E-state index contributed by atoms with van der Waals surface area (Å²) in [5, 5.41) is 3.63. The first kappa shape index (κ1) is 18.8. The van der Waals surface area contributed by atoms with Crippen LogP contribution in [0.1, 0.15) is 70.5 Å². The second-order valence-electron chi connectivity index (χ2n) is 7.67. The van der Waals surface area contributed by atoms with Gasteiger partial charge in [-0.3, -0.25) is 0 Å². The summed E-state index contributed by atoms with van der Waals surface area (Å²) in [5.74, 6) is 0.633. The van der Waals surface area contributed by atoms with Gasteiger partial charge in [-0.1, -0.05) is 31.2 Å². The maximum absolute atomic E-state index is 12.2. The van der Waals surface area contributed by atoms with Crippen LogP contribution in [0.2, 0.25) is 0 Å². The first-order valence-corrected chi connectivity index (χ1v) is 9.12. The van der Waals surface area contributed by atoms with Crippen molar-refractivity contribution in [3.05, 3.63) is 35.4 Å². The van der Waals surface area contributed by atoms with Crippen LogP contribution in [0.5, 0.6) is 0 Å². The van der Waals surface area contributed by atoms with E-state index in [1.165, 1.54) is 17.5 Å². The molecule has 0 fully saturated rings. The maximum Gasteiger partial charge on any atom is 0.410 e. The minimum absolute atomic E-state index is 0.232. The van der Waals surface area contributed by atoms with Crippen molar-refractivity contribution in [3.63, 3.8) is 0 Å². The van der Waals surface area contributed by atoms with Gasteiger partial charge in [0, 0.05) is 25.7 Å². The Kier molecular flexibility index (Phi) is 6.27. The second kappa shape index (κ2) is 8.02. The Bertz CT molecular complexity index is 551. The summed E-state index contributed by atoms with van der Waals surface area (Å²) in [6, 6.07) is 9.10. The van der Waals surface area contributed by atoms with Crippen LogP contribution >= 0.6 is 0 Å². The monoisotopic (exact) mass is 332 g/mol. The van der Waals surface area contributed by atoms with Crippen LogP contribution in [-0.2, 0) is 4.74 Å². The Balaban J connectivity index is 1.89. The van der Waals surface area contributed by atoms with Gasteiger partial charge in [-0.15, -0.1) is 0 Å². The summed E-state index contributed by atoms with van der Waals surface area (Å²) in [4.78, 5) is 13.9. The number of ether oxygens (including phenoxy) is 1. The fourth-order valence-electron chi connectivity index (χ4n) is 3.30. The number of hydrogen-bond acceptors (Lipinski definition) is 3. The molecule has 0 radical (unpaired) electrons. The van der Waals surface area contributed by atoms with Crippen molar-refractivity contribution in [2.24, 2.45) is 0 Å². The third-order valence-corrected chi connectivity index (χ3v) is 4.60. The van der Waals surface area contributed by atoms with Crippen molar-refractivity contribution >= 4 is 6.09 Å². The largest absolute Gasteiger partial charge is 0.444 e. The van der Waals surface area contributed by atoms with Crippen molar-refractivity contribution < 1.29 is 9.53 Å². The number of fused-ring (bicyclic) bond motifs is 1. The minimum atomic E-state index is -0.448. The molecular formula is C20H32N2O2. The Morgan fingerprint density at radius 3 is 2.54 bits per heavy atom. The molecule has 1 aromatic rings. The lowest BCUT2D eigenvalue weighted by atomic mass is 9.81. The average Bonchev–Trinajstić information content (AvgIpc) is 2.52. The molecule has 0 aliphatic heterocycles. The van der Waals surface area contributed by atoms with E-state index >= 15 is 0 Å². The topological polar surface area (TPSA) is 41.6 Å². The standard InChI is InChI=1S/C20H32N2O2/c1-6-22(19(23)24-20(3,4)5)14-13-21-18-12-11-15(2)16-9-7-8-10-17(16)18/h7-10,15,18,21H,6,11-14H2,1-5H3. The summed E-state index contributed by atoms with van der Waals surface area (Å²) in [6.07, 6.45) is 2.12. The molecule has 0 spiro atoms. The molecule has 0 saturated carbocycles. The third-order valence-electron chi connectivity index (χ3n) is 4.60. The molecule has 0 heterocycles. The number of nitrogens with zero attached hydrogens (tertiary/aromatic N) is 1. The van der Waals surface area contributed by atoms with E-state index in [-0.39, 0.29) is 6.09 Å². The Labute approximate surface area is 146 Å². The van der Waals surface area contributed by atoms with Gasteiger partial charge < -0.3 is 15.0 Å². The van der Waals surface area contributed by atoms with E-state index in [4.69, 9.17) is 4.74 Å². The van der Waals surface area contributed by atoms with Crippen molar-refractivity contribution in [3.8, 4) is 0 Å². The molecule has 1 aliphatic carbocycles. The number of carbonyl (C=O) groups excluding carboxylic acids is 1. The fraction of sp³-hybridized carbons (Fsp3) is 0.650. The van der Waals surface area contributed by atoms with Crippen LogP contribution in [-0.4, -0.2) is 36.2 Å². The zero-order valence-corrected chi connectivity index (χ0v) is 15.8. The van der Waals surface area contributed by atoms with E-state index in [9.17, 15) is 4.79 Å². The SMILES string of the molecule is CCN(CCNC1CCC(C)c2ccccc21)C(=O)OC(C)(C)C. The molecule has 0 saturated heterocycles. The van der Waals surface area contributed by atoms with Crippen molar-refractivity contribution in [1.82, 2.24) is 10.2 Å². The third kappa shape index (κ3) is 4.97. The number of rotatable bonds is 5. The maximum atomic E-state index is 12.2. The molecule has 1 N–H and O–H groups in total. The molecule has 0 bridgehead atoms. The lowest BCUT2D eigenvalue weighted by Crippen LogP contribution is -2.41. The number of carbonyl (C=O) groups is 1. The number of likely N-dealkylation sites (N-methyl/N-ethyl adjacent to an activating group) is 1. The van der Waals surface area contributed by atoms with Gasteiger partial charge in [0.15, 0.2) is 0 Å². The van der Waals surface area contributed by atoms with E-state index < -0.39 is 5.60 Å². The molecule has 1 amide bonds. The highest BCUT2D eigenvalue weighted by Crippen LogP contribution is 2.36. The molecule has 134 valence electrons. The first-order chi connectivity index (χ1) is 11.3. The molecule has 4 nitrogen and oxygen atoms in total. The summed E-state index contributed by atoms with van der Waals surface area (Å²) in [5.41, 5.74) is 2.42. The second-order valence-corrected chi connectivity index (χ2v) is 7.67. The Morgan fingerprint density at radius 1 is 1.25 bits per heavy atom. The molecular weight excluding hydrogens is 300 g/mol. The van der Waals surface area contributed by atoms with Gasteiger partial charge in [-0.25, -0.2) is 4.79 Å². The summed E-state index contributed by atoms with van der Waals surface area (Å²) >= 11 is 0. The lowest BCUT2D eigenvalue weighted by molar-refractivity contribution is 0.0260. The fourth-order valence-corrected chi connectivity index (χ4v) is 3.30. The van der Waals surface area contributed by atoms with Gasteiger partial charge in [0.25, 0.3) is 0 Å². The van der Waals surface area contributed by atoms with E-state index in [1.807, 2.05) is 27.7 Å². The molecule has 2 atom stereocenters. The average molecular weight is 332 g/mol. The number of benzene rings is 1. The number of hydrogen-bond donors (Lipinski definition) is 1. The summed E-state index contributed by atoms with van der Waals surface area (Å²) < 4.78 is 5.46. The van der Waals surface area contributed by atoms with E-state index in [0.717, 1.165) is 13.0 Å². The molecule has 2 unspecified atom stereocenters. The van der Waals surface area contributed by atoms with Crippen LogP contribution in [0.4, 0.5) is 4.79 Å². The highest BCUT2D eigenvalue weighted by Gasteiger charge is 2.25. The summed E-state index contributed by atoms with van der Waals surface area (Å²) in [7, 11) is 0. The van der Waals surface area contributed by atoms with Gasteiger partial charge in [0.2, 0.25) is 0 Å². The van der Waals surface area contributed by atoms with Crippen LogP contribution in [0.15, 0.2) is 24.3 Å². The molecule has 1 aromatic carbocycles. The van der Waals surface area contributed by atoms with Crippen molar-refractivity contribution in [2.45, 2.75) is 65.0 Å². The molecule has 2 rings (SSSR count). The van der Waals surface area contributed by atoms with Crippen LogP contribution < -0.4 is 5.32 Å². The van der Waals surface area contributed by atoms with Gasteiger partial charge in [-0.2, -0.15) is 0 Å². The molecule has 0 aromatic heterocycles. The number of nitrogens with one attached hydrogen (secondary N) is 1. The number of amides is 1. The summed E-state index contributed by atoms with van der Waals surface area (Å²) in [6.45, 7) is 12.1. The molecule has 4 heteroatoms. The predicted molar refractivity (Wildman–Crippen MR) is 98.3 cm³/mol. The highest BCUT2D eigenvalue weighted by atomic mass is 16.6. The van der Waals surface area contributed by atoms with E-state index in [1.54, 1.807) is 4.90 Å². The van der Waals surface area contributed by atoms with E-state index in [2.05, 4.69) is 36.5 Å². The normalized spacial score (nSPS) is 20.4. The van der Waals surface area contributed by atoms with Gasteiger partial charge in [0.05, 0.1) is 0 Å². The van der Waals surface area contributed by atoms with E-state index in [0.29, 0.717) is 25.0 Å². The van der Waals surface area contributed by atoms with Crippen LogP contribution in [0.3, 0.4) is 0 Å². The smallest absolute Gasteiger partial charge is 0.410 e. The molecule has 24 heavy (non-hydrogen) atoms. The Hall–Kier alpha value is -1.55. The highest BCUT2D eigenvalue weighted by molar-refractivity contribution is 5.68. The van der Waals surface area contributed by atoms with Gasteiger partial charge in [0.1, 0.15) is 5.60 Å². The molecule has 1 aliphatic rings. The van der Waals surface area contributed by atoms with Gasteiger partial charge in [-0.05, 0) is 57.6 Å². The van der Waals surface area contributed by atoms with Gasteiger partial charge >= 0.3 is 6.09 Å². The van der Waals surface area contributed by atoms with Crippen molar-refractivity contribution in [1.29, 1.82) is 0 Å². The zero-order valence-electron chi connectivity index (χ0n) is 15.8. The predicted octanol–water partition coefficient (Wildman–Crippen LogP) is 4.47. The Morgan fingerprint density at radius 2 is 1.92 bits per heavy atom. The minimum Gasteiger partial charge on any atom is -0.444 e. The zero-order chi connectivity index (χ0) is 17.7. The lowest BCUT2D eigenvalue weighted by Gasteiger charge is -2.31. The van der Waals surface area contributed by atoms with Crippen LogP contribution in [0, 0.1) is 0 Å². The van der Waals surface area contributed by atoms with Crippen molar-refractivity contribution in [2.75, 3.05) is 19.6 Å². The van der Waals surface area contributed by atoms with Crippen LogP contribution in [0.25, 0.3) is 0 Å². The quantitative estimate of drug-likeness (QED) is 0.865. The first-order valence-electron chi connectivity index (χ1n) is 9.12.